The number of hydrogen-bond acceptors (Lipinski definition) is 2. The van der Waals surface area contributed by atoms with E-state index in [-0.39, 0.29) is 11.8 Å². The first-order valence-corrected chi connectivity index (χ1v) is 8.32. The number of aromatic nitrogens is 1. The molecule has 0 aliphatic carbocycles. The van der Waals surface area contributed by atoms with Crippen LogP contribution in [0.4, 0.5) is 0 Å². The van der Waals surface area contributed by atoms with Gasteiger partial charge in [-0.05, 0) is 24.2 Å². The predicted octanol–water partition coefficient (Wildman–Crippen LogP) is 3.03. The Balaban J connectivity index is 1.87. The van der Waals surface area contributed by atoms with Crippen LogP contribution in [0.5, 0.6) is 0 Å². The number of carbonyl (C=O) groups excluding carboxylic acids is 1. The van der Waals surface area contributed by atoms with E-state index in [2.05, 4.69) is 46.1 Å². The lowest BCUT2D eigenvalue weighted by Crippen LogP contribution is -2.30. The lowest BCUT2D eigenvalue weighted by molar-refractivity contribution is -0.121. The molecule has 1 unspecified atom stereocenters. The van der Waals surface area contributed by atoms with Gasteiger partial charge in [-0.3, -0.25) is 4.79 Å². The minimum atomic E-state index is 0.0742. The minimum Gasteiger partial charge on any atom is -0.361 e. The number of carbonyl (C=O) groups is 1. The summed E-state index contributed by atoms with van der Waals surface area (Å²) in [6.45, 7) is 1.28. The fourth-order valence-corrected chi connectivity index (χ4v) is 3.02. The number of benzene rings is 2. The Hall–Kier alpha value is -2.59. The average molecular weight is 321 g/mol. The number of aromatic amines is 1. The summed E-state index contributed by atoms with van der Waals surface area (Å²) in [5, 5.41) is 7.28. The Kier molecular flexibility index (Phi) is 5.29. The molecule has 0 bridgehead atoms. The number of fused-ring (bicyclic) bond motifs is 1. The molecule has 3 rings (SSSR count). The second kappa shape index (κ2) is 7.79. The lowest BCUT2D eigenvalue weighted by atomic mass is 9.91. The van der Waals surface area contributed by atoms with Crippen molar-refractivity contribution in [2.75, 3.05) is 20.1 Å². The van der Waals surface area contributed by atoms with Crippen LogP contribution in [0.25, 0.3) is 10.9 Å². The second-order valence-corrected chi connectivity index (χ2v) is 5.91. The Morgan fingerprint density at radius 3 is 2.62 bits per heavy atom. The van der Waals surface area contributed by atoms with Crippen LogP contribution < -0.4 is 10.6 Å². The van der Waals surface area contributed by atoms with Gasteiger partial charge in [-0.1, -0.05) is 48.5 Å². The Bertz CT molecular complexity index is 795. The van der Waals surface area contributed by atoms with Gasteiger partial charge in [0.1, 0.15) is 0 Å². The molecule has 0 spiro atoms. The lowest BCUT2D eigenvalue weighted by Gasteiger charge is -2.18. The van der Waals surface area contributed by atoms with Gasteiger partial charge in [0.15, 0.2) is 0 Å². The predicted molar refractivity (Wildman–Crippen MR) is 98.1 cm³/mol. The van der Waals surface area contributed by atoms with E-state index in [1.807, 2.05) is 37.4 Å². The van der Waals surface area contributed by atoms with Crippen LogP contribution in [0.3, 0.4) is 0 Å². The van der Waals surface area contributed by atoms with Crippen molar-refractivity contribution in [1.29, 1.82) is 0 Å². The molecule has 1 atom stereocenters. The highest BCUT2D eigenvalue weighted by atomic mass is 16.1. The van der Waals surface area contributed by atoms with E-state index < -0.39 is 0 Å². The molecule has 4 heteroatoms. The largest absolute Gasteiger partial charge is 0.361 e. The molecule has 0 aliphatic heterocycles. The van der Waals surface area contributed by atoms with Crippen molar-refractivity contribution >= 4 is 16.8 Å². The van der Waals surface area contributed by atoms with Crippen molar-refractivity contribution in [2.24, 2.45) is 0 Å². The summed E-state index contributed by atoms with van der Waals surface area (Å²) in [7, 11) is 1.85. The number of hydrogen-bond donors (Lipinski definition) is 3. The third kappa shape index (κ3) is 3.66. The molecule has 4 nitrogen and oxygen atoms in total. The minimum absolute atomic E-state index is 0.0742. The second-order valence-electron chi connectivity index (χ2n) is 5.91. The fourth-order valence-electron chi connectivity index (χ4n) is 3.02. The van der Waals surface area contributed by atoms with E-state index in [9.17, 15) is 4.79 Å². The number of para-hydroxylation sites is 1. The van der Waals surface area contributed by atoms with Crippen LogP contribution in [0.15, 0.2) is 60.8 Å². The molecule has 0 aliphatic rings. The van der Waals surface area contributed by atoms with Gasteiger partial charge in [-0.25, -0.2) is 0 Å². The summed E-state index contributed by atoms with van der Waals surface area (Å²) >= 11 is 0. The highest BCUT2D eigenvalue weighted by Crippen LogP contribution is 2.30. The molecular formula is C20H23N3O. The number of nitrogens with one attached hydrogen (secondary N) is 3. The van der Waals surface area contributed by atoms with E-state index in [1.165, 1.54) is 16.5 Å². The Labute approximate surface area is 142 Å². The third-order valence-corrected chi connectivity index (χ3v) is 4.30. The topological polar surface area (TPSA) is 56.9 Å². The number of amides is 1. The van der Waals surface area contributed by atoms with Crippen molar-refractivity contribution in [3.05, 3.63) is 71.9 Å². The zero-order valence-corrected chi connectivity index (χ0v) is 13.9. The van der Waals surface area contributed by atoms with Gasteiger partial charge in [0.05, 0.1) is 0 Å². The maximum absolute atomic E-state index is 12.0. The molecule has 0 saturated carbocycles. The molecule has 24 heavy (non-hydrogen) atoms. The van der Waals surface area contributed by atoms with E-state index >= 15 is 0 Å². The van der Waals surface area contributed by atoms with Crippen molar-refractivity contribution in [3.63, 3.8) is 0 Å². The summed E-state index contributed by atoms with van der Waals surface area (Å²) in [6, 6.07) is 18.6. The molecule has 0 fully saturated rings. The zero-order chi connectivity index (χ0) is 16.8. The number of H-pyrrole nitrogens is 1. The first-order valence-electron chi connectivity index (χ1n) is 8.32. The SMILES string of the molecule is CNCCC(=O)NCC(c1ccccc1)c1c[nH]c2ccccc12. The monoisotopic (exact) mass is 321 g/mol. The van der Waals surface area contributed by atoms with Crippen LogP contribution in [0.1, 0.15) is 23.5 Å². The van der Waals surface area contributed by atoms with Crippen LogP contribution in [-0.2, 0) is 4.79 Å². The molecule has 0 radical (unpaired) electrons. The van der Waals surface area contributed by atoms with Gasteiger partial charge in [0.2, 0.25) is 5.91 Å². The molecule has 3 aromatic rings. The molecular weight excluding hydrogens is 298 g/mol. The van der Waals surface area contributed by atoms with Crippen LogP contribution >= 0.6 is 0 Å². The van der Waals surface area contributed by atoms with Crippen molar-refractivity contribution in [2.45, 2.75) is 12.3 Å². The van der Waals surface area contributed by atoms with Gasteiger partial charge in [0, 0.05) is 42.5 Å². The van der Waals surface area contributed by atoms with Crippen molar-refractivity contribution < 1.29 is 4.79 Å². The zero-order valence-electron chi connectivity index (χ0n) is 13.9. The van der Waals surface area contributed by atoms with Crippen LogP contribution in [0.2, 0.25) is 0 Å². The first-order chi connectivity index (χ1) is 11.8. The van der Waals surface area contributed by atoms with Crippen molar-refractivity contribution in [3.8, 4) is 0 Å². The van der Waals surface area contributed by atoms with Crippen LogP contribution in [-0.4, -0.2) is 31.0 Å². The third-order valence-electron chi connectivity index (χ3n) is 4.30. The summed E-state index contributed by atoms with van der Waals surface area (Å²) in [6.07, 6.45) is 2.55. The average Bonchev–Trinajstić information content (AvgIpc) is 3.05. The number of rotatable bonds is 7. The molecule has 1 amide bonds. The Morgan fingerprint density at radius 1 is 1.08 bits per heavy atom. The van der Waals surface area contributed by atoms with Gasteiger partial charge in [-0.2, -0.15) is 0 Å². The fraction of sp³-hybridized carbons (Fsp3) is 0.250. The van der Waals surface area contributed by atoms with E-state index in [1.54, 1.807) is 0 Å². The standard InChI is InChI=1S/C20H23N3O/c1-21-12-11-20(24)23-13-17(15-7-3-2-4-8-15)18-14-22-19-10-6-5-9-16(18)19/h2-10,14,17,21-22H,11-13H2,1H3,(H,23,24). The molecule has 0 saturated heterocycles. The highest BCUT2D eigenvalue weighted by Gasteiger charge is 2.18. The summed E-state index contributed by atoms with van der Waals surface area (Å²) in [4.78, 5) is 15.3. The van der Waals surface area contributed by atoms with Gasteiger partial charge in [0.25, 0.3) is 0 Å². The van der Waals surface area contributed by atoms with E-state index in [4.69, 9.17) is 0 Å². The summed E-state index contributed by atoms with van der Waals surface area (Å²) < 4.78 is 0. The van der Waals surface area contributed by atoms with Gasteiger partial charge in [-0.15, -0.1) is 0 Å². The molecule has 1 aromatic heterocycles. The molecule has 1 heterocycles. The quantitative estimate of drug-likeness (QED) is 0.626. The maximum Gasteiger partial charge on any atom is 0.221 e. The van der Waals surface area contributed by atoms with E-state index in [0.29, 0.717) is 19.5 Å². The van der Waals surface area contributed by atoms with Crippen molar-refractivity contribution in [1.82, 2.24) is 15.6 Å². The highest BCUT2D eigenvalue weighted by molar-refractivity contribution is 5.84. The summed E-state index contributed by atoms with van der Waals surface area (Å²) in [5.74, 6) is 0.200. The van der Waals surface area contributed by atoms with Gasteiger partial charge < -0.3 is 15.6 Å². The summed E-state index contributed by atoms with van der Waals surface area (Å²) in [5.41, 5.74) is 3.54. The first kappa shape index (κ1) is 16.3. The smallest absolute Gasteiger partial charge is 0.221 e. The Morgan fingerprint density at radius 2 is 1.83 bits per heavy atom. The van der Waals surface area contributed by atoms with Crippen LogP contribution in [0, 0.1) is 0 Å². The maximum atomic E-state index is 12.0. The van der Waals surface area contributed by atoms with Gasteiger partial charge >= 0.3 is 0 Å². The molecule has 124 valence electrons. The normalized spacial score (nSPS) is 12.2. The molecule has 3 N–H and O–H groups in total. The van der Waals surface area contributed by atoms with E-state index in [0.717, 1.165) is 5.52 Å². The molecule has 2 aromatic carbocycles.